The van der Waals surface area contributed by atoms with Crippen LogP contribution in [0.25, 0.3) is 0 Å². The first kappa shape index (κ1) is 14.2. The molecule has 0 aliphatic carbocycles. The molecule has 1 aromatic carbocycles. The molecular formula is C15H26N2. The first-order valence-electron chi connectivity index (χ1n) is 6.57. The zero-order valence-electron chi connectivity index (χ0n) is 11.4. The summed E-state index contributed by atoms with van der Waals surface area (Å²) >= 11 is 0. The second kappa shape index (κ2) is 7.46. The minimum absolute atomic E-state index is 0.481. The monoisotopic (exact) mass is 234 g/mol. The molecule has 2 heteroatoms. The number of rotatable bonds is 7. The number of hydrogen-bond acceptors (Lipinski definition) is 2. The van der Waals surface area contributed by atoms with Crippen LogP contribution in [0.2, 0.25) is 0 Å². The predicted molar refractivity (Wildman–Crippen MR) is 75.1 cm³/mol. The minimum Gasteiger partial charge on any atom is -0.329 e. The van der Waals surface area contributed by atoms with Crippen LogP contribution in [0.1, 0.15) is 25.8 Å². The Kier molecular flexibility index (Phi) is 6.23. The van der Waals surface area contributed by atoms with Crippen LogP contribution in [0.4, 0.5) is 0 Å². The van der Waals surface area contributed by atoms with Gasteiger partial charge in [0.2, 0.25) is 0 Å². The second-order valence-corrected chi connectivity index (χ2v) is 5.15. The van der Waals surface area contributed by atoms with Crippen molar-refractivity contribution in [3.05, 3.63) is 35.9 Å². The summed E-state index contributed by atoms with van der Waals surface area (Å²) in [6.45, 7) is 6.37. The third-order valence-electron chi connectivity index (χ3n) is 3.46. The van der Waals surface area contributed by atoms with Crippen molar-refractivity contribution in [2.45, 2.75) is 32.7 Å². The van der Waals surface area contributed by atoms with E-state index >= 15 is 0 Å². The lowest BCUT2D eigenvalue weighted by Gasteiger charge is -2.26. The molecule has 0 radical (unpaired) electrons. The van der Waals surface area contributed by atoms with Crippen LogP contribution < -0.4 is 5.73 Å². The lowest BCUT2D eigenvalue weighted by molar-refractivity contribution is 0.224. The molecule has 2 atom stereocenters. The topological polar surface area (TPSA) is 29.3 Å². The molecule has 1 aromatic rings. The maximum atomic E-state index is 5.67. The zero-order chi connectivity index (χ0) is 12.7. The summed E-state index contributed by atoms with van der Waals surface area (Å²) in [6.07, 6.45) is 2.42. The van der Waals surface area contributed by atoms with E-state index in [9.17, 15) is 0 Å². The Bertz CT molecular complexity index is 297. The van der Waals surface area contributed by atoms with Crippen LogP contribution in [0.5, 0.6) is 0 Å². The molecule has 0 saturated carbocycles. The number of aryl methyl sites for hydroxylation is 1. The van der Waals surface area contributed by atoms with Crippen molar-refractivity contribution in [3.8, 4) is 0 Å². The summed E-state index contributed by atoms with van der Waals surface area (Å²) in [5, 5.41) is 0. The van der Waals surface area contributed by atoms with Crippen LogP contribution in [-0.2, 0) is 6.42 Å². The van der Waals surface area contributed by atoms with E-state index in [4.69, 9.17) is 5.73 Å². The lowest BCUT2D eigenvalue weighted by Crippen LogP contribution is -2.38. The number of nitrogens with two attached hydrogens (primary N) is 1. The Morgan fingerprint density at radius 2 is 1.82 bits per heavy atom. The van der Waals surface area contributed by atoms with Crippen molar-refractivity contribution >= 4 is 0 Å². The minimum atomic E-state index is 0.481. The van der Waals surface area contributed by atoms with Crippen molar-refractivity contribution in [1.82, 2.24) is 4.90 Å². The van der Waals surface area contributed by atoms with Crippen molar-refractivity contribution in [3.63, 3.8) is 0 Å². The third kappa shape index (κ3) is 5.33. The normalized spacial score (nSPS) is 14.9. The van der Waals surface area contributed by atoms with Gasteiger partial charge in [-0.3, -0.25) is 0 Å². The Morgan fingerprint density at radius 3 is 2.41 bits per heavy atom. The summed E-state index contributed by atoms with van der Waals surface area (Å²) in [6, 6.07) is 11.2. The molecule has 0 spiro atoms. The highest BCUT2D eigenvalue weighted by atomic mass is 15.1. The molecule has 0 aromatic heterocycles. The largest absolute Gasteiger partial charge is 0.329 e. The molecule has 1 rings (SSSR count). The second-order valence-electron chi connectivity index (χ2n) is 5.15. The van der Waals surface area contributed by atoms with Gasteiger partial charge in [0.1, 0.15) is 0 Å². The molecular weight excluding hydrogens is 208 g/mol. The molecule has 96 valence electrons. The van der Waals surface area contributed by atoms with E-state index in [1.54, 1.807) is 0 Å². The Hall–Kier alpha value is -0.860. The molecule has 17 heavy (non-hydrogen) atoms. The predicted octanol–water partition coefficient (Wildman–Crippen LogP) is 2.53. The summed E-state index contributed by atoms with van der Waals surface area (Å²) in [7, 11) is 2.16. The quantitative estimate of drug-likeness (QED) is 0.785. The average Bonchev–Trinajstić information content (AvgIpc) is 2.36. The summed E-state index contributed by atoms with van der Waals surface area (Å²) in [5.41, 5.74) is 7.11. The molecule has 2 N–H and O–H groups in total. The summed E-state index contributed by atoms with van der Waals surface area (Å²) in [4.78, 5) is 2.36. The van der Waals surface area contributed by atoms with Gasteiger partial charge >= 0.3 is 0 Å². The van der Waals surface area contributed by atoms with E-state index in [0.29, 0.717) is 12.0 Å². The molecule has 0 saturated heterocycles. The van der Waals surface area contributed by atoms with Gasteiger partial charge in [-0.25, -0.2) is 0 Å². The molecule has 0 unspecified atom stereocenters. The molecule has 2 nitrogen and oxygen atoms in total. The summed E-state index contributed by atoms with van der Waals surface area (Å²) in [5.74, 6) is 0.717. The van der Waals surface area contributed by atoms with Crippen molar-refractivity contribution < 1.29 is 0 Å². The van der Waals surface area contributed by atoms with Gasteiger partial charge in [-0.15, -0.1) is 0 Å². The highest BCUT2D eigenvalue weighted by Crippen LogP contribution is 2.11. The Balaban J connectivity index is 2.28. The van der Waals surface area contributed by atoms with Crippen LogP contribution in [0, 0.1) is 5.92 Å². The van der Waals surface area contributed by atoms with E-state index in [0.717, 1.165) is 13.1 Å². The summed E-state index contributed by atoms with van der Waals surface area (Å²) < 4.78 is 0. The Labute approximate surface area is 106 Å². The van der Waals surface area contributed by atoms with E-state index in [-0.39, 0.29) is 0 Å². The highest BCUT2D eigenvalue weighted by molar-refractivity contribution is 5.14. The van der Waals surface area contributed by atoms with Gasteiger partial charge < -0.3 is 10.6 Å². The van der Waals surface area contributed by atoms with Crippen molar-refractivity contribution in [1.29, 1.82) is 0 Å². The molecule has 0 heterocycles. The smallest absolute Gasteiger partial charge is 0.0187 e. The molecule has 0 bridgehead atoms. The van der Waals surface area contributed by atoms with E-state index in [1.165, 1.54) is 18.4 Å². The van der Waals surface area contributed by atoms with Gasteiger partial charge in [0.15, 0.2) is 0 Å². The van der Waals surface area contributed by atoms with Crippen LogP contribution in [-0.4, -0.2) is 31.1 Å². The Morgan fingerprint density at radius 1 is 1.18 bits per heavy atom. The van der Waals surface area contributed by atoms with Crippen LogP contribution in [0.15, 0.2) is 30.3 Å². The van der Waals surface area contributed by atoms with Gasteiger partial charge in [-0.05, 0) is 38.3 Å². The third-order valence-corrected chi connectivity index (χ3v) is 3.46. The fourth-order valence-electron chi connectivity index (χ4n) is 2.00. The lowest BCUT2D eigenvalue weighted by atomic mass is 10.0. The van der Waals surface area contributed by atoms with E-state index < -0.39 is 0 Å². The fourth-order valence-corrected chi connectivity index (χ4v) is 2.00. The van der Waals surface area contributed by atoms with Gasteiger partial charge in [0.05, 0.1) is 0 Å². The van der Waals surface area contributed by atoms with Crippen LogP contribution in [0.3, 0.4) is 0 Å². The average molecular weight is 234 g/mol. The van der Waals surface area contributed by atoms with Gasteiger partial charge in [-0.1, -0.05) is 37.3 Å². The number of nitrogens with zero attached hydrogens (tertiary/aromatic N) is 1. The SMILES string of the molecule is C[C@H](CCc1ccccc1)CN(C)[C@H](C)CN. The van der Waals surface area contributed by atoms with Crippen molar-refractivity contribution in [2.24, 2.45) is 11.7 Å². The fraction of sp³-hybridized carbons (Fsp3) is 0.600. The van der Waals surface area contributed by atoms with E-state index in [1.807, 2.05) is 0 Å². The first-order valence-corrected chi connectivity index (χ1v) is 6.57. The molecule has 0 fully saturated rings. The van der Waals surface area contributed by atoms with Gasteiger partial charge in [0.25, 0.3) is 0 Å². The number of likely N-dealkylation sites (N-methyl/N-ethyl adjacent to an activating group) is 1. The standard InChI is InChI=1S/C15H26N2/c1-13(12-17(3)14(2)11-16)9-10-15-7-5-4-6-8-15/h4-8,13-14H,9-12,16H2,1-3H3/t13-,14-/m1/s1. The molecule has 0 amide bonds. The maximum Gasteiger partial charge on any atom is 0.0187 e. The maximum absolute atomic E-state index is 5.67. The zero-order valence-corrected chi connectivity index (χ0v) is 11.4. The highest BCUT2D eigenvalue weighted by Gasteiger charge is 2.11. The van der Waals surface area contributed by atoms with Crippen molar-refractivity contribution in [2.75, 3.05) is 20.1 Å². The molecule has 0 aliphatic rings. The van der Waals surface area contributed by atoms with E-state index in [2.05, 4.69) is 56.1 Å². The first-order chi connectivity index (χ1) is 8.13. The van der Waals surface area contributed by atoms with Crippen LogP contribution >= 0.6 is 0 Å². The number of benzene rings is 1. The number of hydrogen-bond donors (Lipinski definition) is 1. The van der Waals surface area contributed by atoms with Gasteiger partial charge in [0, 0.05) is 19.1 Å². The molecule has 0 aliphatic heterocycles. The van der Waals surface area contributed by atoms with Gasteiger partial charge in [-0.2, -0.15) is 0 Å².